The highest BCUT2D eigenvalue weighted by molar-refractivity contribution is 5.83. The Bertz CT molecular complexity index is 600. The van der Waals surface area contributed by atoms with Gasteiger partial charge in [-0.3, -0.25) is 0 Å². The fraction of sp³-hybridized carbons (Fsp3) is 0.333. The highest BCUT2D eigenvalue weighted by Gasteiger charge is 2.43. The van der Waals surface area contributed by atoms with Crippen LogP contribution in [0.5, 0.6) is 5.75 Å². The third kappa shape index (κ3) is 2.36. The molecule has 3 N–H and O–H groups in total. The van der Waals surface area contributed by atoms with Crippen LogP contribution in [0.3, 0.4) is 0 Å². The van der Waals surface area contributed by atoms with Gasteiger partial charge >= 0.3 is 0 Å². The van der Waals surface area contributed by atoms with Crippen molar-refractivity contribution in [3.63, 3.8) is 0 Å². The van der Waals surface area contributed by atoms with Gasteiger partial charge in [-0.2, -0.15) is 0 Å². The van der Waals surface area contributed by atoms with Gasteiger partial charge in [0, 0.05) is 0 Å². The van der Waals surface area contributed by atoms with E-state index in [1.807, 2.05) is 36.4 Å². The summed E-state index contributed by atoms with van der Waals surface area (Å²) in [6.45, 7) is -0.365. The molecule has 1 saturated heterocycles. The van der Waals surface area contributed by atoms with E-state index in [0.717, 1.165) is 10.8 Å². The minimum atomic E-state index is -1.18. The third-order valence-corrected chi connectivity index (χ3v) is 3.47. The van der Waals surface area contributed by atoms with E-state index in [1.165, 1.54) is 0 Å². The molecule has 0 radical (unpaired) electrons. The van der Waals surface area contributed by atoms with Crippen molar-refractivity contribution in [1.29, 1.82) is 0 Å². The summed E-state index contributed by atoms with van der Waals surface area (Å²) in [5.74, 6) is 0.540. The minimum Gasteiger partial charge on any atom is -0.462 e. The van der Waals surface area contributed by atoms with Crippen molar-refractivity contribution in [2.24, 2.45) is 0 Å². The van der Waals surface area contributed by atoms with Gasteiger partial charge in [-0.05, 0) is 22.9 Å². The maximum atomic E-state index is 9.82. The van der Waals surface area contributed by atoms with Crippen LogP contribution in [0.2, 0.25) is 0 Å². The second-order valence-corrected chi connectivity index (χ2v) is 4.83. The van der Waals surface area contributed by atoms with Gasteiger partial charge < -0.3 is 24.8 Å². The highest BCUT2D eigenvalue weighted by Crippen LogP contribution is 2.26. The Hall–Kier alpha value is -1.66. The summed E-state index contributed by atoms with van der Waals surface area (Å²) < 4.78 is 10.8. The lowest BCUT2D eigenvalue weighted by Crippen LogP contribution is -2.35. The second-order valence-electron chi connectivity index (χ2n) is 4.83. The van der Waals surface area contributed by atoms with Crippen molar-refractivity contribution < 1.29 is 24.8 Å². The van der Waals surface area contributed by atoms with E-state index in [4.69, 9.17) is 14.6 Å². The standard InChI is InChI=1S/C15H16O5/c16-8-12-13(17)14(18)15(20-12)19-11-6-5-9-3-1-2-4-10(9)7-11/h1-7,12-18H,8H2/t12-,13+,14-,15?/m1/s1. The van der Waals surface area contributed by atoms with Gasteiger partial charge in [-0.15, -0.1) is 0 Å². The number of benzene rings is 2. The van der Waals surface area contributed by atoms with Crippen molar-refractivity contribution in [1.82, 2.24) is 0 Å². The molecule has 1 unspecified atom stereocenters. The van der Waals surface area contributed by atoms with Gasteiger partial charge in [0.25, 0.3) is 0 Å². The molecule has 1 aliphatic heterocycles. The van der Waals surface area contributed by atoms with Crippen LogP contribution in [-0.2, 0) is 4.74 Å². The Morgan fingerprint density at radius 1 is 1.00 bits per heavy atom. The van der Waals surface area contributed by atoms with E-state index in [-0.39, 0.29) is 6.61 Å². The molecule has 106 valence electrons. The molecular formula is C15H16O5. The summed E-state index contributed by atoms with van der Waals surface area (Å²) >= 11 is 0. The number of aliphatic hydroxyl groups excluding tert-OH is 3. The summed E-state index contributed by atoms with van der Waals surface area (Å²) in [6, 6.07) is 13.4. The Kier molecular flexibility index (Phi) is 3.58. The van der Waals surface area contributed by atoms with Crippen LogP contribution in [-0.4, -0.2) is 46.5 Å². The normalized spacial score (nSPS) is 29.8. The molecule has 5 nitrogen and oxygen atoms in total. The molecule has 0 aliphatic carbocycles. The largest absolute Gasteiger partial charge is 0.462 e. The second kappa shape index (κ2) is 5.38. The van der Waals surface area contributed by atoms with Gasteiger partial charge in [0.15, 0.2) is 0 Å². The average molecular weight is 276 g/mol. The van der Waals surface area contributed by atoms with Crippen LogP contribution in [0.25, 0.3) is 10.8 Å². The molecule has 0 bridgehead atoms. The lowest BCUT2D eigenvalue weighted by Gasteiger charge is -2.17. The van der Waals surface area contributed by atoms with E-state index < -0.39 is 24.6 Å². The fourth-order valence-electron chi connectivity index (χ4n) is 2.34. The summed E-state index contributed by atoms with van der Waals surface area (Å²) in [5.41, 5.74) is 0. The van der Waals surface area contributed by atoms with E-state index in [1.54, 1.807) is 6.07 Å². The van der Waals surface area contributed by atoms with E-state index in [9.17, 15) is 10.2 Å². The fourth-order valence-corrected chi connectivity index (χ4v) is 2.34. The lowest BCUT2D eigenvalue weighted by molar-refractivity contribution is -0.116. The van der Waals surface area contributed by atoms with E-state index in [0.29, 0.717) is 5.75 Å². The summed E-state index contributed by atoms with van der Waals surface area (Å²) in [7, 11) is 0. The molecule has 0 spiro atoms. The van der Waals surface area contributed by atoms with Crippen molar-refractivity contribution in [2.75, 3.05) is 6.61 Å². The number of rotatable bonds is 3. The first-order valence-corrected chi connectivity index (χ1v) is 6.47. The Balaban J connectivity index is 1.79. The monoisotopic (exact) mass is 276 g/mol. The number of ether oxygens (including phenoxy) is 2. The van der Waals surface area contributed by atoms with Crippen LogP contribution >= 0.6 is 0 Å². The zero-order valence-electron chi connectivity index (χ0n) is 10.7. The molecule has 1 aliphatic rings. The minimum absolute atomic E-state index is 0.365. The van der Waals surface area contributed by atoms with Gasteiger partial charge in [-0.1, -0.05) is 30.3 Å². The number of hydrogen-bond donors (Lipinski definition) is 3. The predicted molar refractivity (Wildman–Crippen MR) is 72.3 cm³/mol. The molecule has 0 amide bonds. The molecule has 0 saturated carbocycles. The predicted octanol–water partition coefficient (Wildman–Crippen LogP) is 0.658. The van der Waals surface area contributed by atoms with Crippen LogP contribution in [0.4, 0.5) is 0 Å². The van der Waals surface area contributed by atoms with Gasteiger partial charge in [0.1, 0.15) is 24.1 Å². The zero-order chi connectivity index (χ0) is 14.1. The Morgan fingerprint density at radius 2 is 1.75 bits per heavy atom. The molecule has 0 aromatic heterocycles. The van der Waals surface area contributed by atoms with Gasteiger partial charge in [-0.25, -0.2) is 0 Å². The first-order valence-electron chi connectivity index (χ1n) is 6.47. The third-order valence-electron chi connectivity index (χ3n) is 3.47. The zero-order valence-corrected chi connectivity index (χ0v) is 10.7. The van der Waals surface area contributed by atoms with Crippen molar-refractivity contribution >= 4 is 10.8 Å². The highest BCUT2D eigenvalue weighted by atomic mass is 16.7. The summed E-state index contributed by atoms with van der Waals surface area (Å²) in [5, 5.41) is 30.6. The maximum Gasteiger partial charge on any atom is 0.229 e. The molecule has 3 rings (SSSR count). The maximum absolute atomic E-state index is 9.82. The van der Waals surface area contributed by atoms with Gasteiger partial charge in [0.2, 0.25) is 6.29 Å². The SMILES string of the molecule is OC[C@H]1OC(Oc2ccc3ccccc3c2)[C@H](O)[C@H]1O. The molecular weight excluding hydrogens is 260 g/mol. The Labute approximate surface area is 116 Å². The average Bonchev–Trinajstić information content (AvgIpc) is 2.75. The first kappa shape index (κ1) is 13.3. The molecule has 2 aromatic rings. The van der Waals surface area contributed by atoms with Crippen molar-refractivity contribution in [3.8, 4) is 5.75 Å². The number of fused-ring (bicyclic) bond motifs is 1. The smallest absolute Gasteiger partial charge is 0.229 e. The van der Waals surface area contributed by atoms with Crippen molar-refractivity contribution in [3.05, 3.63) is 42.5 Å². The quantitative estimate of drug-likeness (QED) is 0.767. The topological polar surface area (TPSA) is 79.2 Å². The number of hydrogen-bond acceptors (Lipinski definition) is 5. The molecule has 2 aromatic carbocycles. The molecule has 1 fully saturated rings. The molecule has 4 atom stereocenters. The van der Waals surface area contributed by atoms with Crippen LogP contribution in [0, 0.1) is 0 Å². The Morgan fingerprint density at radius 3 is 2.45 bits per heavy atom. The molecule has 1 heterocycles. The molecule has 20 heavy (non-hydrogen) atoms. The molecule has 5 heteroatoms. The van der Waals surface area contributed by atoms with Crippen LogP contribution in [0.1, 0.15) is 0 Å². The van der Waals surface area contributed by atoms with Crippen LogP contribution < -0.4 is 4.74 Å². The van der Waals surface area contributed by atoms with Gasteiger partial charge in [0.05, 0.1) is 6.61 Å². The lowest BCUT2D eigenvalue weighted by atomic mass is 10.1. The first-order chi connectivity index (χ1) is 9.69. The summed E-state index contributed by atoms with van der Waals surface area (Å²) in [4.78, 5) is 0. The van der Waals surface area contributed by atoms with E-state index >= 15 is 0 Å². The number of aliphatic hydroxyl groups is 3. The van der Waals surface area contributed by atoms with E-state index in [2.05, 4.69) is 0 Å². The van der Waals surface area contributed by atoms with Crippen molar-refractivity contribution in [2.45, 2.75) is 24.6 Å². The van der Waals surface area contributed by atoms with Crippen LogP contribution in [0.15, 0.2) is 42.5 Å². The summed E-state index contributed by atoms with van der Waals surface area (Å²) in [6.07, 6.45) is -4.14.